The van der Waals surface area contributed by atoms with E-state index in [0.717, 1.165) is 6.07 Å². The Morgan fingerprint density at radius 1 is 1.24 bits per heavy atom. The SMILES string of the molecule is CCC(N)(CC)COC(=O)Nc1ccccc1C(F)(F)F. The van der Waals surface area contributed by atoms with Crippen molar-refractivity contribution in [2.75, 3.05) is 11.9 Å². The summed E-state index contributed by atoms with van der Waals surface area (Å²) in [6.45, 7) is 3.65. The Morgan fingerprint density at radius 3 is 2.33 bits per heavy atom. The number of carbonyl (C=O) groups is 1. The molecule has 0 aliphatic carbocycles. The molecular formula is C14H19F3N2O2. The van der Waals surface area contributed by atoms with Crippen LogP contribution in [0, 0.1) is 0 Å². The van der Waals surface area contributed by atoms with Crippen LogP contribution in [0.5, 0.6) is 0 Å². The Labute approximate surface area is 121 Å². The van der Waals surface area contributed by atoms with Crippen molar-refractivity contribution in [3.05, 3.63) is 29.8 Å². The number of rotatable bonds is 5. The van der Waals surface area contributed by atoms with Crippen LogP contribution in [0.2, 0.25) is 0 Å². The Morgan fingerprint density at radius 2 is 1.81 bits per heavy atom. The summed E-state index contributed by atoms with van der Waals surface area (Å²) in [5.41, 5.74) is 4.02. The van der Waals surface area contributed by atoms with Gasteiger partial charge in [0.1, 0.15) is 6.61 Å². The highest BCUT2D eigenvalue weighted by Crippen LogP contribution is 2.34. The van der Waals surface area contributed by atoms with Crippen LogP contribution in [0.3, 0.4) is 0 Å². The molecule has 0 spiro atoms. The van der Waals surface area contributed by atoms with Gasteiger partial charge in [-0.15, -0.1) is 0 Å². The van der Waals surface area contributed by atoms with Crippen LogP contribution in [0.1, 0.15) is 32.3 Å². The molecule has 0 bridgehead atoms. The molecule has 0 aliphatic rings. The number of alkyl halides is 3. The second-order valence-corrected chi connectivity index (χ2v) is 4.81. The summed E-state index contributed by atoms with van der Waals surface area (Å²) in [6, 6.07) is 4.70. The van der Waals surface area contributed by atoms with Gasteiger partial charge in [0.15, 0.2) is 0 Å². The average Bonchev–Trinajstić information content (AvgIpc) is 2.44. The first-order valence-corrected chi connectivity index (χ1v) is 6.60. The molecule has 0 unspecified atom stereocenters. The number of hydrogen-bond acceptors (Lipinski definition) is 3. The maximum Gasteiger partial charge on any atom is 0.418 e. The number of amides is 1. The topological polar surface area (TPSA) is 64.3 Å². The number of nitrogens with two attached hydrogens (primary N) is 1. The Hall–Kier alpha value is -1.76. The van der Waals surface area contributed by atoms with Crippen molar-refractivity contribution in [1.82, 2.24) is 0 Å². The first kappa shape index (κ1) is 17.3. The highest BCUT2D eigenvalue weighted by molar-refractivity contribution is 5.85. The van der Waals surface area contributed by atoms with E-state index in [0.29, 0.717) is 12.8 Å². The van der Waals surface area contributed by atoms with Gasteiger partial charge in [0, 0.05) is 5.54 Å². The highest BCUT2D eigenvalue weighted by atomic mass is 19.4. The summed E-state index contributed by atoms with van der Waals surface area (Å²) in [5.74, 6) is 0. The van der Waals surface area contributed by atoms with E-state index in [9.17, 15) is 18.0 Å². The Balaban J connectivity index is 2.72. The van der Waals surface area contributed by atoms with Crippen molar-refractivity contribution in [3.63, 3.8) is 0 Å². The molecular weight excluding hydrogens is 285 g/mol. The summed E-state index contributed by atoms with van der Waals surface area (Å²) in [6.07, 6.45) is -4.32. The molecule has 0 aromatic heterocycles. The van der Waals surface area contributed by atoms with Gasteiger partial charge in [-0.1, -0.05) is 26.0 Å². The average molecular weight is 304 g/mol. The molecule has 0 heterocycles. The fourth-order valence-electron chi connectivity index (χ4n) is 1.65. The lowest BCUT2D eigenvalue weighted by Crippen LogP contribution is -2.44. The molecule has 0 saturated heterocycles. The molecule has 1 rings (SSSR count). The van der Waals surface area contributed by atoms with Crippen LogP contribution in [0.25, 0.3) is 0 Å². The lowest BCUT2D eigenvalue weighted by molar-refractivity contribution is -0.136. The van der Waals surface area contributed by atoms with E-state index < -0.39 is 23.4 Å². The largest absolute Gasteiger partial charge is 0.447 e. The molecule has 0 fully saturated rings. The standard InChI is InChI=1S/C14H19F3N2O2/c1-3-13(18,4-2)9-21-12(20)19-11-8-6-5-7-10(11)14(15,16)17/h5-8H,3-4,9,18H2,1-2H3,(H,19,20). The normalized spacial score (nSPS) is 12.1. The first-order valence-electron chi connectivity index (χ1n) is 6.60. The number of ether oxygens (including phenoxy) is 1. The molecule has 1 aromatic rings. The molecule has 4 nitrogen and oxygen atoms in total. The highest BCUT2D eigenvalue weighted by Gasteiger charge is 2.33. The first-order chi connectivity index (χ1) is 9.72. The predicted octanol–water partition coefficient (Wildman–Crippen LogP) is 3.77. The quantitative estimate of drug-likeness (QED) is 0.870. The van der Waals surface area contributed by atoms with E-state index in [4.69, 9.17) is 10.5 Å². The monoisotopic (exact) mass is 304 g/mol. The van der Waals surface area contributed by atoms with Crippen LogP contribution in [-0.2, 0) is 10.9 Å². The minimum absolute atomic E-state index is 0.0555. The second-order valence-electron chi connectivity index (χ2n) is 4.81. The minimum Gasteiger partial charge on any atom is -0.447 e. The smallest absolute Gasteiger partial charge is 0.418 e. The van der Waals surface area contributed by atoms with Gasteiger partial charge in [-0.05, 0) is 25.0 Å². The lowest BCUT2D eigenvalue weighted by Gasteiger charge is -2.26. The summed E-state index contributed by atoms with van der Waals surface area (Å²) < 4.78 is 43.2. The van der Waals surface area contributed by atoms with Crippen LogP contribution in [-0.4, -0.2) is 18.2 Å². The third-order valence-electron chi connectivity index (χ3n) is 3.37. The van der Waals surface area contributed by atoms with Crippen molar-refractivity contribution in [3.8, 4) is 0 Å². The minimum atomic E-state index is -4.55. The van der Waals surface area contributed by atoms with Crippen molar-refractivity contribution in [2.24, 2.45) is 5.73 Å². The molecule has 21 heavy (non-hydrogen) atoms. The van der Waals surface area contributed by atoms with Crippen molar-refractivity contribution >= 4 is 11.8 Å². The molecule has 118 valence electrons. The van der Waals surface area contributed by atoms with Crippen LogP contribution >= 0.6 is 0 Å². The van der Waals surface area contributed by atoms with Gasteiger partial charge in [0.05, 0.1) is 11.3 Å². The molecule has 0 saturated carbocycles. The number of para-hydroxylation sites is 1. The van der Waals surface area contributed by atoms with Crippen molar-refractivity contribution in [2.45, 2.75) is 38.4 Å². The molecule has 1 amide bonds. The Bertz CT molecular complexity index is 485. The maximum absolute atomic E-state index is 12.8. The third kappa shape index (κ3) is 4.93. The zero-order valence-corrected chi connectivity index (χ0v) is 12.0. The van der Waals surface area contributed by atoms with E-state index in [1.165, 1.54) is 18.2 Å². The van der Waals surface area contributed by atoms with Gasteiger partial charge in [0.25, 0.3) is 0 Å². The fraction of sp³-hybridized carbons (Fsp3) is 0.500. The molecule has 0 aliphatic heterocycles. The molecule has 3 N–H and O–H groups in total. The summed E-state index contributed by atoms with van der Waals surface area (Å²) >= 11 is 0. The van der Waals surface area contributed by atoms with Gasteiger partial charge >= 0.3 is 12.3 Å². The fourth-order valence-corrected chi connectivity index (χ4v) is 1.65. The zero-order chi connectivity index (χ0) is 16.1. The number of hydrogen-bond donors (Lipinski definition) is 2. The van der Waals surface area contributed by atoms with Gasteiger partial charge in [-0.25, -0.2) is 4.79 Å². The third-order valence-corrected chi connectivity index (χ3v) is 3.37. The summed E-state index contributed by atoms with van der Waals surface area (Å²) in [5, 5.41) is 2.10. The Kier molecular flexibility index (Phi) is 5.60. The predicted molar refractivity (Wildman–Crippen MR) is 73.9 cm³/mol. The number of nitrogens with one attached hydrogen (secondary N) is 1. The zero-order valence-electron chi connectivity index (χ0n) is 12.0. The van der Waals surface area contributed by atoms with E-state index in [1.807, 2.05) is 13.8 Å². The molecule has 0 radical (unpaired) electrons. The number of anilines is 1. The summed E-state index contributed by atoms with van der Waals surface area (Å²) in [7, 11) is 0. The molecule has 7 heteroatoms. The van der Waals surface area contributed by atoms with E-state index in [2.05, 4.69) is 5.32 Å². The molecule has 1 aromatic carbocycles. The van der Waals surface area contributed by atoms with Gasteiger partial charge in [0.2, 0.25) is 0 Å². The summed E-state index contributed by atoms with van der Waals surface area (Å²) in [4.78, 5) is 11.6. The van der Waals surface area contributed by atoms with Crippen LogP contribution < -0.4 is 11.1 Å². The number of carbonyl (C=O) groups excluding carboxylic acids is 1. The van der Waals surface area contributed by atoms with Crippen LogP contribution in [0.4, 0.5) is 23.7 Å². The second kappa shape index (κ2) is 6.80. The number of benzene rings is 1. The maximum atomic E-state index is 12.8. The lowest BCUT2D eigenvalue weighted by atomic mass is 9.96. The van der Waals surface area contributed by atoms with Gasteiger partial charge < -0.3 is 10.5 Å². The van der Waals surface area contributed by atoms with Crippen LogP contribution in [0.15, 0.2) is 24.3 Å². The van der Waals surface area contributed by atoms with Gasteiger partial charge in [-0.2, -0.15) is 13.2 Å². The molecule has 0 atom stereocenters. The van der Waals surface area contributed by atoms with E-state index >= 15 is 0 Å². The van der Waals surface area contributed by atoms with Crippen molar-refractivity contribution in [1.29, 1.82) is 0 Å². The number of halogens is 3. The van der Waals surface area contributed by atoms with Crippen molar-refractivity contribution < 1.29 is 22.7 Å². The van der Waals surface area contributed by atoms with E-state index in [1.54, 1.807) is 0 Å². The van der Waals surface area contributed by atoms with Gasteiger partial charge in [-0.3, -0.25) is 5.32 Å². The van der Waals surface area contributed by atoms with E-state index in [-0.39, 0.29) is 12.3 Å².